The highest BCUT2D eigenvalue weighted by molar-refractivity contribution is 5.58. The van der Waals surface area contributed by atoms with E-state index in [-0.39, 0.29) is 0 Å². The number of aromatic nitrogens is 1. The molecule has 1 fully saturated rings. The van der Waals surface area contributed by atoms with Gasteiger partial charge in [0, 0.05) is 11.8 Å². The number of hydrogen-bond acceptors (Lipinski definition) is 1. The zero-order chi connectivity index (χ0) is 13.1. The summed E-state index contributed by atoms with van der Waals surface area (Å²) in [4.78, 5) is 4.62. The van der Waals surface area contributed by atoms with Crippen molar-refractivity contribution in [3.63, 3.8) is 0 Å². The van der Waals surface area contributed by atoms with Gasteiger partial charge in [-0.1, -0.05) is 56.2 Å². The van der Waals surface area contributed by atoms with Crippen molar-refractivity contribution in [3.05, 3.63) is 54.2 Å². The third-order valence-electron chi connectivity index (χ3n) is 4.34. The maximum Gasteiger partial charge on any atom is 0.0702 e. The number of nitrogens with zero attached hydrogens (tertiary/aromatic N) is 1. The van der Waals surface area contributed by atoms with E-state index in [1.165, 1.54) is 43.2 Å². The predicted molar refractivity (Wildman–Crippen MR) is 80.0 cm³/mol. The minimum atomic E-state index is 0.510. The fourth-order valence-corrected chi connectivity index (χ4v) is 3.21. The Kier molecular flexibility index (Phi) is 3.37. The zero-order valence-electron chi connectivity index (χ0n) is 11.6. The molecular formula is C18H21N. The van der Waals surface area contributed by atoms with Crippen molar-refractivity contribution < 1.29 is 0 Å². The molecule has 0 unspecified atom stereocenters. The summed E-state index contributed by atoms with van der Waals surface area (Å²) in [6.07, 6.45) is 8.76. The third-order valence-corrected chi connectivity index (χ3v) is 4.34. The van der Waals surface area contributed by atoms with E-state index in [1.54, 1.807) is 0 Å². The van der Waals surface area contributed by atoms with Crippen LogP contribution in [0.4, 0.5) is 0 Å². The van der Waals surface area contributed by atoms with Crippen molar-refractivity contribution >= 4 is 0 Å². The van der Waals surface area contributed by atoms with Crippen LogP contribution in [0.5, 0.6) is 0 Å². The maximum atomic E-state index is 4.62. The molecule has 0 radical (unpaired) electrons. The highest BCUT2D eigenvalue weighted by atomic mass is 14.7. The molecule has 1 aromatic heterocycles. The molecule has 1 nitrogen and oxygen atoms in total. The van der Waals surface area contributed by atoms with Crippen molar-refractivity contribution in [2.75, 3.05) is 0 Å². The molecule has 1 aliphatic carbocycles. The number of hydrogen-bond donors (Lipinski definition) is 0. The molecule has 1 aromatic carbocycles. The normalized spacial score (nSPS) is 17.5. The average molecular weight is 251 g/mol. The molecule has 98 valence electrons. The summed E-state index contributed by atoms with van der Waals surface area (Å²) in [5, 5.41) is 0. The summed E-state index contributed by atoms with van der Waals surface area (Å²) < 4.78 is 0. The van der Waals surface area contributed by atoms with Crippen LogP contribution in [0.1, 0.15) is 38.2 Å². The Morgan fingerprint density at radius 2 is 1.74 bits per heavy atom. The van der Waals surface area contributed by atoms with Crippen molar-refractivity contribution in [1.29, 1.82) is 0 Å². The fourth-order valence-electron chi connectivity index (χ4n) is 3.21. The lowest BCUT2D eigenvalue weighted by atomic mass is 9.82. The van der Waals surface area contributed by atoms with Gasteiger partial charge in [-0.05, 0) is 36.3 Å². The predicted octanol–water partition coefficient (Wildman–Crippen LogP) is 4.87. The minimum absolute atomic E-state index is 0.510. The van der Waals surface area contributed by atoms with Gasteiger partial charge < -0.3 is 0 Å². The molecule has 1 aliphatic rings. The summed E-state index contributed by atoms with van der Waals surface area (Å²) in [5.41, 5.74) is 4.15. The summed E-state index contributed by atoms with van der Waals surface area (Å²) in [6, 6.07) is 14.8. The van der Waals surface area contributed by atoms with Gasteiger partial charge in [-0.2, -0.15) is 0 Å². The molecule has 3 rings (SSSR count). The van der Waals surface area contributed by atoms with Crippen LogP contribution in [0.15, 0.2) is 48.7 Å². The molecule has 0 bridgehead atoms. The van der Waals surface area contributed by atoms with Gasteiger partial charge in [0.25, 0.3) is 0 Å². The van der Waals surface area contributed by atoms with Crippen LogP contribution in [0.3, 0.4) is 0 Å². The smallest absolute Gasteiger partial charge is 0.0702 e. The van der Waals surface area contributed by atoms with Crippen LogP contribution in [0.2, 0.25) is 0 Å². The minimum Gasteiger partial charge on any atom is -0.256 e. The highest BCUT2D eigenvalue weighted by Gasteiger charge is 2.28. The van der Waals surface area contributed by atoms with Gasteiger partial charge in [-0.25, -0.2) is 0 Å². The molecule has 1 heteroatoms. The summed E-state index contributed by atoms with van der Waals surface area (Å²) in [7, 11) is 0. The molecular weight excluding hydrogens is 230 g/mol. The number of benzene rings is 1. The molecule has 0 amide bonds. The zero-order valence-corrected chi connectivity index (χ0v) is 11.6. The Morgan fingerprint density at radius 1 is 1.00 bits per heavy atom. The van der Waals surface area contributed by atoms with Gasteiger partial charge in [-0.15, -0.1) is 0 Å². The molecule has 1 saturated carbocycles. The second-order valence-corrected chi connectivity index (χ2v) is 6.11. The van der Waals surface area contributed by atoms with Crippen LogP contribution in [0.25, 0.3) is 11.3 Å². The first-order valence-corrected chi connectivity index (χ1v) is 7.26. The van der Waals surface area contributed by atoms with Gasteiger partial charge >= 0.3 is 0 Å². The topological polar surface area (TPSA) is 12.9 Å². The van der Waals surface area contributed by atoms with Crippen molar-refractivity contribution in [2.24, 2.45) is 5.41 Å². The van der Waals surface area contributed by atoms with E-state index in [0.29, 0.717) is 5.41 Å². The van der Waals surface area contributed by atoms with E-state index in [4.69, 9.17) is 0 Å². The maximum absolute atomic E-state index is 4.62. The first kappa shape index (κ1) is 12.4. The van der Waals surface area contributed by atoms with E-state index < -0.39 is 0 Å². The molecule has 0 saturated heterocycles. The van der Waals surface area contributed by atoms with E-state index >= 15 is 0 Å². The molecule has 0 aliphatic heterocycles. The van der Waals surface area contributed by atoms with E-state index in [0.717, 1.165) is 5.69 Å². The second kappa shape index (κ2) is 5.16. The Morgan fingerprint density at radius 3 is 2.37 bits per heavy atom. The summed E-state index contributed by atoms with van der Waals surface area (Å²) in [6.45, 7) is 2.42. The Balaban J connectivity index is 1.76. The Labute approximate surface area is 115 Å². The number of rotatable bonds is 3. The van der Waals surface area contributed by atoms with Gasteiger partial charge in [-0.3, -0.25) is 4.98 Å². The first-order valence-electron chi connectivity index (χ1n) is 7.26. The lowest BCUT2D eigenvalue weighted by molar-refractivity contribution is 0.334. The van der Waals surface area contributed by atoms with E-state index in [9.17, 15) is 0 Å². The van der Waals surface area contributed by atoms with Crippen LogP contribution < -0.4 is 0 Å². The third kappa shape index (κ3) is 2.86. The van der Waals surface area contributed by atoms with Crippen LogP contribution >= 0.6 is 0 Å². The largest absolute Gasteiger partial charge is 0.256 e. The van der Waals surface area contributed by atoms with Crippen LogP contribution in [-0.2, 0) is 6.42 Å². The van der Waals surface area contributed by atoms with Crippen molar-refractivity contribution in [2.45, 2.75) is 39.0 Å². The molecule has 0 spiro atoms. The monoisotopic (exact) mass is 251 g/mol. The average Bonchev–Trinajstić information content (AvgIpc) is 2.87. The lowest BCUT2D eigenvalue weighted by Gasteiger charge is -2.23. The molecule has 0 atom stereocenters. The fraction of sp³-hybridized carbons (Fsp3) is 0.389. The van der Waals surface area contributed by atoms with Gasteiger partial charge in [0.2, 0.25) is 0 Å². The first-order chi connectivity index (χ1) is 9.25. The van der Waals surface area contributed by atoms with Gasteiger partial charge in [0.1, 0.15) is 0 Å². The summed E-state index contributed by atoms with van der Waals surface area (Å²) >= 11 is 0. The SMILES string of the molecule is CC1(Cc2ccc(-c3ccccc3)nc2)CCCC1. The lowest BCUT2D eigenvalue weighted by Crippen LogP contribution is -2.14. The molecule has 19 heavy (non-hydrogen) atoms. The molecule has 2 aromatic rings. The van der Waals surface area contributed by atoms with Gasteiger partial charge in [0.15, 0.2) is 0 Å². The standard InChI is InChI=1S/C18H21N/c1-18(11-5-6-12-18)13-15-9-10-17(19-14-15)16-7-3-2-4-8-16/h2-4,7-10,14H,5-6,11-13H2,1H3. The van der Waals surface area contributed by atoms with Crippen molar-refractivity contribution in [1.82, 2.24) is 4.98 Å². The summed E-state index contributed by atoms with van der Waals surface area (Å²) in [5.74, 6) is 0. The van der Waals surface area contributed by atoms with E-state index in [2.05, 4.69) is 54.5 Å². The molecule has 1 heterocycles. The van der Waals surface area contributed by atoms with Crippen LogP contribution in [-0.4, -0.2) is 4.98 Å². The highest BCUT2D eigenvalue weighted by Crippen LogP contribution is 2.40. The van der Waals surface area contributed by atoms with Crippen molar-refractivity contribution in [3.8, 4) is 11.3 Å². The van der Waals surface area contributed by atoms with Crippen LogP contribution in [0, 0.1) is 5.41 Å². The molecule has 0 N–H and O–H groups in total. The number of pyridine rings is 1. The Hall–Kier alpha value is -1.63. The quantitative estimate of drug-likeness (QED) is 0.758. The second-order valence-electron chi connectivity index (χ2n) is 6.11. The Bertz CT molecular complexity index is 521. The van der Waals surface area contributed by atoms with Gasteiger partial charge in [0.05, 0.1) is 5.69 Å². The van der Waals surface area contributed by atoms with E-state index in [1.807, 2.05) is 6.07 Å².